The molecule has 0 spiro atoms. The van der Waals surface area contributed by atoms with Crippen molar-refractivity contribution in [3.05, 3.63) is 189 Å². The van der Waals surface area contributed by atoms with Gasteiger partial charge in [0.2, 0.25) is 0 Å². The van der Waals surface area contributed by atoms with Gasteiger partial charge in [-0.25, -0.2) is 0 Å². The number of hydrogen-bond donors (Lipinski definition) is 0. The lowest BCUT2D eigenvalue weighted by Crippen LogP contribution is -1.83. The Morgan fingerprint density at radius 1 is 0.304 bits per heavy atom. The number of benzene rings is 8. The molecule has 220 valence electrons. The quantitative estimate of drug-likeness (QED) is 0.126. The number of fused-ring (bicyclic) bond motifs is 4. The molecule has 2 heteroatoms. The zero-order chi connectivity index (χ0) is 31.3. The van der Waals surface area contributed by atoms with Gasteiger partial charge in [0.05, 0.1) is 0 Å². The van der Waals surface area contributed by atoms with E-state index in [0.29, 0.717) is 0 Å². The van der Waals surface area contributed by atoms with E-state index >= 15 is 0 Å². The summed E-state index contributed by atoms with van der Waals surface area (Å²) in [5.41, 5.74) is 4.96. The van der Waals surface area contributed by atoms with Crippen LogP contribution in [0.15, 0.2) is 167 Å². The molecule has 0 bridgehead atoms. The fourth-order valence-electron chi connectivity index (χ4n) is 5.96. The van der Waals surface area contributed by atoms with E-state index in [-0.39, 0.29) is 0 Å². The Kier molecular flexibility index (Phi) is 8.91. The summed E-state index contributed by atoms with van der Waals surface area (Å²) in [5, 5.41) is 10.3. The molecule has 0 atom stereocenters. The fourth-order valence-corrected chi connectivity index (χ4v) is 6.49. The van der Waals surface area contributed by atoms with E-state index in [1.807, 2.05) is 0 Å². The Morgan fingerprint density at radius 2 is 0.587 bits per heavy atom. The largest absolute Gasteiger partial charge is 0.0616 e. The molecule has 8 rings (SSSR count). The van der Waals surface area contributed by atoms with E-state index in [9.17, 15) is 0 Å². The van der Waals surface area contributed by atoms with Crippen LogP contribution in [-0.4, -0.2) is 0 Å². The molecule has 0 saturated carbocycles. The van der Waals surface area contributed by atoms with Crippen LogP contribution in [0.3, 0.4) is 0 Å². The molecule has 0 fully saturated rings. The van der Waals surface area contributed by atoms with E-state index in [0.717, 1.165) is 8.95 Å². The van der Waals surface area contributed by atoms with Crippen LogP contribution < -0.4 is 0 Å². The van der Waals surface area contributed by atoms with Crippen molar-refractivity contribution in [3.63, 3.8) is 0 Å². The minimum atomic E-state index is 1.10. The van der Waals surface area contributed by atoms with Crippen LogP contribution in [0.25, 0.3) is 67.4 Å². The molecule has 0 radical (unpaired) electrons. The zero-order valence-electron chi connectivity index (χ0n) is 25.1. The molecule has 0 aromatic heterocycles. The molecule has 0 saturated heterocycles. The summed E-state index contributed by atoms with van der Waals surface area (Å²) < 4.78 is 2.20. The predicted octanol–water partition coefficient (Wildman–Crippen LogP) is 13.9. The average molecular weight is 719 g/mol. The topological polar surface area (TPSA) is 0 Å². The first-order valence-electron chi connectivity index (χ1n) is 15.3. The van der Waals surface area contributed by atoms with E-state index in [1.165, 1.54) is 65.3 Å². The summed E-state index contributed by atoms with van der Waals surface area (Å²) in [4.78, 5) is 0. The van der Waals surface area contributed by atoms with Crippen molar-refractivity contribution < 1.29 is 0 Å². The van der Waals surface area contributed by atoms with Crippen molar-refractivity contribution in [2.45, 2.75) is 0 Å². The fraction of sp³-hybridized carbons (Fsp3) is 0. The van der Waals surface area contributed by atoms with E-state index in [2.05, 4.69) is 214 Å². The van der Waals surface area contributed by atoms with Crippen LogP contribution in [0.4, 0.5) is 0 Å². The molecule has 8 aromatic rings. The van der Waals surface area contributed by atoms with Gasteiger partial charge in [0.15, 0.2) is 0 Å². The summed E-state index contributed by atoms with van der Waals surface area (Å²) in [6.07, 6.45) is 8.82. The van der Waals surface area contributed by atoms with Gasteiger partial charge in [-0.3, -0.25) is 0 Å². The maximum Gasteiger partial charge on any atom is 0.0175 e. The molecular weight excluding hydrogens is 688 g/mol. The van der Waals surface area contributed by atoms with Gasteiger partial charge in [-0.05, 0) is 102 Å². The summed E-state index contributed by atoms with van der Waals surface area (Å²) in [5.74, 6) is 0. The number of hydrogen-bond acceptors (Lipinski definition) is 0. The van der Waals surface area contributed by atoms with Crippen molar-refractivity contribution >= 4 is 99.3 Å². The second-order valence-corrected chi connectivity index (χ2v) is 13.1. The molecule has 0 amide bonds. The lowest BCUT2D eigenvalue weighted by molar-refractivity contribution is 1.62. The standard InChI is InChI=1S/2C22H15Br/c2*23-19-12-9-16(10-13-19)11-14-22-20-7-3-1-5-17(20)15-18-6-2-4-8-21(18)22/h2*1-15H/b2*14-11+. The van der Waals surface area contributed by atoms with Gasteiger partial charge < -0.3 is 0 Å². The Balaban J connectivity index is 0.000000147. The normalized spacial score (nSPS) is 11.5. The summed E-state index contributed by atoms with van der Waals surface area (Å²) in [6, 6.07) is 55.6. The Hall–Kier alpha value is -4.76. The molecule has 0 aliphatic heterocycles. The molecule has 0 nitrogen and oxygen atoms in total. The van der Waals surface area contributed by atoms with Crippen LogP contribution in [0.1, 0.15) is 22.3 Å². The van der Waals surface area contributed by atoms with Gasteiger partial charge in [0, 0.05) is 8.95 Å². The van der Waals surface area contributed by atoms with E-state index in [4.69, 9.17) is 0 Å². The van der Waals surface area contributed by atoms with Crippen molar-refractivity contribution in [1.82, 2.24) is 0 Å². The average Bonchev–Trinajstić information content (AvgIpc) is 3.10. The van der Waals surface area contributed by atoms with Crippen LogP contribution in [-0.2, 0) is 0 Å². The molecule has 0 unspecified atom stereocenters. The van der Waals surface area contributed by atoms with Crippen LogP contribution in [0, 0.1) is 0 Å². The summed E-state index contributed by atoms with van der Waals surface area (Å²) in [6.45, 7) is 0. The molecule has 0 aliphatic carbocycles. The van der Waals surface area contributed by atoms with Crippen LogP contribution in [0.2, 0.25) is 0 Å². The van der Waals surface area contributed by atoms with Gasteiger partial charge in [-0.1, -0.05) is 177 Å². The second-order valence-electron chi connectivity index (χ2n) is 11.2. The zero-order valence-corrected chi connectivity index (χ0v) is 28.2. The summed E-state index contributed by atoms with van der Waals surface area (Å²) >= 11 is 6.96. The minimum absolute atomic E-state index is 1.10. The van der Waals surface area contributed by atoms with Crippen molar-refractivity contribution in [3.8, 4) is 0 Å². The SMILES string of the molecule is Brc1ccc(/C=C/c2c3ccccc3cc3ccccc23)cc1.Brc1ccc(/C=C/c2c3ccccc3cc3ccccc23)cc1. The van der Waals surface area contributed by atoms with Crippen molar-refractivity contribution in [2.75, 3.05) is 0 Å². The Labute approximate surface area is 286 Å². The first-order chi connectivity index (χ1) is 22.6. The van der Waals surface area contributed by atoms with Gasteiger partial charge in [-0.15, -0.1) is 0 Å². The number of rotatable bonds is 4. The smallest absolute Gasteiger partial charge is 0.0175 e. The number of halogens is 2. The Morgan fingerprint density at radius 3 is 0.891 bits per heavy atom. The van der Waals surface area contributed by atoms with Gasteiger partial charge in [-0.2, -0.15) is 0 Å². The van der Waals surface area contributed by atoms with Crippen LogP contribution in [0.5, 0.6) is 0 Å². The predicted molar refractivity (Wildman–Crippen MR) is 209 cm³/mol. The van der Waals surface area contributed by atoms with Gasteiger partial charge in [0.1, 0.15) is 0 Å². The lowest BCUT2D eigenvalue weighted by Gasteiger charge is -2.08. The summed E-state index contributed by atoms with van der Waals surface area (Å²) in [7, 11) is 0. The van der Waals surface area contributed by atoms with Crippen molar-refractivity contribution in [2.24, 2.45) is 0 Å². The third-order valence-corrected chi connectivity index (χ3v) is 9.31. The molecule has 0 heterocycles. The maximum absolute atomic E-state index is 3.48. The van der Waals surface area contributed by atoms with Crippen LogP contribution >= 0.6 is 31.9 Å². The first kappa shape index (κ1) is 29.9. The third-order valence-electron chi connectivity index (χ3n) is 8.25. The van der Waals surface area contributed by atoms with E-state index < -0.39 is 0 Å². The monoisotopic (exact) mass is 716 g/mol. The maximum atomic E-state index is 3.48. The first-order valence-corrected chi connectivity index (χ1v) is 16.9. The highest BCUT2D eigenvalue weighted by atomic mass is 79.9. The lowest BCUT2D eigenvalue weighted by atomic mass is 9.96. The minimum Gasteiger partial charge on any atom is -0.0616 e. The molecule has 0 N–H and O–H groups in total. The van der Waals surface area contributed by atoms with Gasteiger partial charge in [0.25, 0.3) is 0 Å². The third kappa shape index (κ3) is 6.60. The second kappa shape index (κ2) is 13.7. The highest BCUT2D eigenvalue weighted by Gasteiger charge is 2.06. The highest BCUT2D eigenvalue weighted by molar-refractivity contribution is 9.10. The van der Waals surface area contributed by atoms with Crippen molar-refractivity contribution in [1.29, 1.82) is 0 Å². The molecule has 8 aromatic carbocycles. The molecule has 46 heavy (non-hydrogen) atoms. The molecule has 0 aliphatic rings. The molecular formula is C44H30Br2. The Bertz CT molecular complexity index is 2080. The van der Waals surface area contributed by atoms with Gasteiger partial charge >= 0.3 is 0 Å². The highest BCUT2D eigenvalue weighted by Crippen LogP contribution is 2.31. The van der Waals surface area contributed by atoms with E-state index in [1.54, 1.807) is 0 Å².